The standard InChI is InChI=1S/C22H18N4O2.ClH.H2O/c1-13-12-18(24-14-5-7-15(27-2)8-6-14)20-16(23-13)9-10-17-21(20)26-22(25-17)19-4-3-11-28-19;;/h3-12H,1-2H3,(H,23,24)(H,25,26);1H;1H2. The van der Waals surface area contributed by atoms with Gasteiger partial charge < -0.3 is 24.9 Å². The minimum absolute atomic E-state index is 0. The Bertz CT molecular complexity index is 1280. The molecule has 0 bridgehead atoms. The first-order valence-corrected chi connectivity index (χ1v) is 8.96. The molecule has 0 amide bonds. The highest BCUT2D eigenvalue weighted by Gasteiger charge is 2.14. The highest BCUT2D eigenvalue weighted by molar-refractivity contribution is 6.10. The molecule has 3 aromatic heterocycles. The van der Waals surface area contributed by atoms with E-state index < -0.39 is 0 Å². The molecule has 2 aromatic carbocycles. The number of aryl methyl sites for hydroxylation is 1. The van der Waals surface area contributed by atoms with Crippen LogP contribution >= 0.6 is 12.4 Å². The maximum Gasteiger partial charge on any atom is 0.174 e. The van der Waals surface area contributed by atoms with Crippen LogP contribution in [0.25, 0.3) is 33.5 Å². The van der Waals surface area contributed by atoms with E-state index in [0.29, 0.717) is 11.6 Å². The second-order valence-electron chi connectivity index (χ2n) is 6.58. The van der Waals surface area contributed by atoms with Gasteiger partial charge in [0, 0.05) is 16.8 Å². The molecule has 4 N–H and O–H groups in total. The van der Waals surface area contributed by atoms with Gasteiger partial charge in [0.1, 0.15) is 5.75 Å². The zero-order chi connectivity index (χ0) is 19.1. The zero-order valence-electron chi connectivity index (χ0n) is 16.4. The summed E-state index contributed by atoms with van der Waals surface area (Å²) >= 11 is 0. The van der Waals surface area contributed by atoms with Crippen LogP contribution in [0, 0.1) is 6.92 Å². The number of imidazole rings is 1. The van der Waals surface area contributed by atoms with Crippen LogP contribution in [0.4, 0.5) is 11.4 Å². The molecule has 8 heteroatoms. The van der Waals surface area contributed by atoms with Crippen molar-refractivity contribution in [2.75, 3.05) is 12.4 Å². The molecule has 154 valence electrons. The third kappa shape index (κ3) is 3.68. The lowest BCUT2D eigenvalue weighted by atomic mass is 10.1. The summed E-state index contributed by atoms with van der Waals surface area (Å²) in [6.07, 6.45) is 1.64. The van der Waals surface area contributed by atoms with Gasteiger partial charge in [-0.3, -0.25) is 4.98 Å². The molecule has 0 atom stereocenters. The molecule has 0 aliphatic rings. The normalized spacial score (nSPS) is 10.5. The number of H-pyrrole nitrogens is 1. The molecule has 0 spiro atoms. The largest absolute Gasteiger partial charge is 0.497 e. The predicted molar refractivity (Wildman–Crippen MR) is 121 cm³/mol. The number of aromatic nitrogens is 3. The quantitative estimate of drug-likeness (QED) is 0.420. The fourth-order valence-corrected chi connectivity index (χ4v) is 3.39. The van der Waals surface area contributed by atoms with E-state index in [1.165, 1.54) is 0 Å². The Balaban J connectivity index is 0.00000128. The molecule has 0 unspecified atom stereocenters. The van der Waals surface area contributed by atoms with Gasteiger partial charge in [-0.1, -0.05) is 0 Å². The number of benzene rings is 2. The van der Waals surface area contributed by atoms with E-state index in [1.54, 1.807) is 13.4 Å². The summed E-state index contributed by atoms with van der Waals surface area (Å²) in [5, 5.41) is 4.50. The number of anilines is 2. The van der Waals surface area contributed by atoms with Gasteiger partial charge in [0.05, 0.1) is 35.6 Å². The summed E-state index contributed by atoms with van der Waals surface area (Å²) in [6, 6.07) is 17.6. The van der Waals surface area contributed by atoms with Crippen molar-refractivity contribution in [2.45, 2.75) is 6.92 Å². The Hall–Kier alpha value is -3.55. The number of hydrogen-bond acceptors (Lipinski definition) is 5. The Morgan fingerprint density at radius 1 is 1.00 bits per heavy atom. The predicted octanol–water partition coefficient (Wildman–Crippen LogP) is 5.03. The number of aromatic amines is 1. The van der Waals surface area contributed by atoms with Crippen molar-refractivity contribution < 1.29 is 14.6 Å². The van der Waals surface area contributed by atoms with Gasteiger partial charge in [-0.25, -0.2) is 4.98 Å². The monoisotopic (exact) mass is 424 g/mol. The number of fused-ring (bicyclic) bond motifs is 3. The lowest BCUT2D eigenvalue weighted by molar-refractivity contribution is 0.415. The molecule has 5 rings (SSSR count). The van der Waals surface area contributed by atoms with Crippen molar-refractivity contribution in [2.24, 2.45) is 0 Å². The van der Waals surface area contributed by atoms with Gasteiger partial charge >= 0.3 is 0 Å². The molecule has 7 nitrogen and oxygen atoms in total. The molecular weight excluding hydrogens is 404 g/mol. The highest BCUT2D eigenvalue weighted by Crippen LogP contribution is 2.33. The third-order valence-electron chi connectivity index (χ3n) is 4.68. The molecule has 0 radical (unpaired) electrons. The molecule has 0 aliphatic heterocycles. The average molecular weight is 425 g/mol. The molecule has 0 aliphatic carbocycles. The number of methoxy groups -OCH3 is 1. The minimum Gasteiger partial charge on any atom is -0.497 e. The Morgan fingerprint density at radius 3 is 2.47 bits per heavy atom. The topological polar surface area (TPSA) is 107 Å². The fraction of sp³-hybridized carbons (Fsp3) is 0.0909. The Morgan fingerprint density at radius 2 is 1.77 bits per heavy atom. The number of halogens is 1. The van der Waals surface area contributed by atoms with Crippen LogP contribution in [-0.4, -0.2) is 27.5 Å². The molecule has 5 aromatic rings. The molecule has 30 heavy (non-hydrogen) atoms. The smallest absolute Gasteiger partial charge is 0.174 e. The Kier molecular flexibility index (Phi) is 5.96. The first-order valence-electron chi connectivity index (χ1n) is 8.96. The summed E-state index contributed by atoms with van der Waals surface area (Å²) in [5.74, 6) is 2.22. The van der Waals surface area contributed by atoms with Crippen LogP contribution in [0.2, 0.25) is 0 Å². The summed E-state index contributed by atoms with van der Waals surface area (Å²) in [6.45, 7) is 1.99. The maximum atomic E-state index is 5.49. The Labute approximate surface area is 178 Å². The molecule has 0 saturated heterocycles. The number of rotatable bonds is 4. The SMILES string of the molecule is COc1ccc(Nc2cc(C)nc3ccc4nc(-c5ccco5)[nH]c4c23)cc1.Cl.O. The molecule has 0 fully saturated rings. The summed E-state index contributed by atoms with van der Waals surface area (Å²) in [7, 11) is 1.66. The molecule has 0 saturated carbocycles. The van der Waals surface area contributed by atoms with Crippen LogP contribution in [0.15, 0.2) is 65.3 Å². The van der Waals surface area contributed by atoms with Gasteiger partial charge in [0.25, 0.3) is 0 Å². The van der Waals surface area contributed by atoms with Gasteiger partial charge in [0.15, 0.2) is 11.6 Å². The summed E-state index contributed by atoms with van der Waals surface area (Å²) in [5.41, 5.74) is 5.56. The first kappa shape index (κ1) is 21.2. The number of ether oxygens (including phenoxy) is 1. The van der Waals surface area contributed by atoms with E-state index in [1.807, 2.05) is 61.5 Å². The zero-order valence-corrected chi connectivity index (χ0v) is 17.2. The van der Waals surface area contributed by atoms with E-state index in [-0.39, 0.29) is 17.9 Å². The van der Waals surface area contributed by atoms with E-state index in [0.717, 1.165) is 44.8 Å². The number of pyridine rings is 1. The van der Waals surface area contributed by atoms with Crippen molar-refractivity contribution in [3.05, 3.63) is 66.6 Å². The summed E-state index contributed by atoms with van der Waals surface area (Å²) < 4.78 is 10.7. The van der Waals surface area contributed by atoms with Crippen molar-refractivity contribution in [3.8, 4) is 17.3 Å². The first-order chi connectivity index (χ1) is 13.7. The van der Waals surface area contributed by atoms with Crippen LogP contribution in [0.1, 0.15) is 5.69 Å². The van der Waals surface area contributed by atoms with E-state index >= 15 is 0 Å². The third-order valence-corrected chi connectivity index (χ3v) is 4.68. The van der Waals surface area contributed by atoms with Crippen LogP contribution in [0.5, 0.6) is 5.75 Å². The van der Waals surface area contributed by atoms with E-state index in [9.17, 15) is 0 Å². The van der Waals surface area contributed by atoms with Crippen molar-refractivity contribution in [1.82, 2.24) is 15.0 Å². The maximum absolute atomic E-state index is 5.49. The van der Waals surface area contributed by atoms with E-state index in [2.05, 4.69) is 15.3 Å². The lowest BCUT2D eigenvalue weighted by Crippen LogP contribution is -1.95. The van der Waals surface area contributed by atoms with Gasteiger partial charge in [-0.15, -0.1) is 12.4 Å². The van der Waals surface area contributed by atoms with Crippen LogP contribution < -0.4 is 10.1 Å². The van der Waals surface area contributed by atoms with Gasteiger partial charge in [-0.05, 0) is 61.5 Å². The van der Waals surface area contributed by atoms with Crippen molar-refractivity contribution in [3.63, 3.8) is 0 Å². The second-order valence-corrected chi connectivity index (χ2v) is 6.58. The van der Waals surface area contributed by atoms with Crippen molar-refractivity contribution in [1.29, 1.82) is 0 Å². The summed E-state index contributed by atoms with van der Waals surface area (Å²) in [4.78, 5) is 12.8. The average Bonchev–Trinajstić information content (AvgIpc) is 3.37. The van der Waals surface area contributed by atoms with E-state index in [4.69, 9.17) is 14.1 Å². The van der Waals surface area contributed by atoms with Crippen LogP contribution in [0.3, 0.4) is 0 Å². The second kappa shape index (κ2) is 8.44. The van der Waals surface area contributed by atoms with Crippen LogP contribution in [-0.2, 0) is 0 Å². The number of nitrogens with one attached hydrogen (secondary N) is 2. The van der Waals surface area contributed by atoms with Gasteiger partial charge in [-0.2, -0.15) is 0 Å². The number of furan rings is 1. The minimum atomic E-state index is 0. The number of nitrogens with zero attached hydrogens (tertiary/aromatic N) is 2. The van der Waals surface area contributed by atoms with Crippen molar-refractivity contribution >= 4 is 45.7 Å². The molecule has 3 heterocycles. The highest BCUT2D eigenvalue weighted by atomic mass is 35.5. The lowest BCUT2D eigenvalue weighted by Gasteiger charge is -2.12. The van der Waals surface area contributed by atoms with Gasteiger partial charge in [0.2, 0.25) is 0 Å². The molecular formula is C22H21ClN4O3. The fourth-order valence-electron chi connectivity index (χ4n) is 3.39. The number of hydrogen-bond donors (Lipinski definition) is 2.